The molecular formula is C10H18N2O4. The number of likely N-dealkylation sites (tertiary alicyclic amines) is 1. The summed E-state index contributed by atoms with van der Waals surface area (Å²) < 4.78 is 0. The summed E-state index contributed by atoms with van der Waals surface area (Å²) in [7, 11) is 0. The van der Waals surface area contributed by atoms with E-state index in [0.29, 0.717) is 13.1 Å². The van der Waals surface area contributed by atoms with E-state index in [2.05, 4.69) is 5.32 Å². The molecule has 1 heterocycles. The van der Waals surface area contributed by atoms with Crippen molar-refractivity contribution in [3.05, 3.63) is 0 Å². The molecule has 6 nitrogen and oxygen atoms in total. The van der Waals surface area contributed by atoms with Crippen LogP contribution in [0.2, 0.25) is 0 Å². The number of aliphatic hydroxyl groups is 1. The Morgan fingerprint density at radius 2 is 2.25 bits per heavy atom. The minimum atomic E-state index is -1.05. The van der Waals surface area contributed by atoms with E-state index in [9.17, 15) is 9.59 Å². The summed E-state index contributed by atoms with van der Waals surface area (Å²) >= 11 is 0. The molecule has 0 aromatic carbocycles. The minimum absolute atomic E-state index is 0.0677. The molecule has 0 saturated carbocycles. The van der Waals surface area contributed by atoms with Gasteiger partial charge in [-0.15, -0.1) is 0 Å². The highest BCUT2D eigenvalue weighted by molar-refractivity contribution is 5.82. The number of hydrogen-bond donors (Lipinski definition) is 3. The third kappa shape index (κ3) is 3.37. The van der Waals surface area contributed by atoms with Gasteiger partial charge in [0.1, 0.15) is 6.04 Å². The van der Waals surface area contributed by atoms with Crippen LogP contribution in [0.25, 0.3) is 0 Å². The van der Waals surface area contributed by atoms with Gasteiger partial charge < -0.3 is 20.4 Å². The van der Waals surface area contributed by atoms with Gasteiger partial charge in [0, 0.05) is 19.7 Å². The van der Waals surface area contributed by atoms with Crippen molar-refractivity contribution in [3.63, 3.8) is 0 Å². The predicted octanol–water partition coefficient (Wildman–Crippen LogP) is -0.127. The molecule has 16 heavy (non-hydrogen) atoms. The normalized spacial score (nSPS) is 22.6. The van der Waals surface area contributed by atoms with Gasteiger partial charge in [-0.05, 0) is 25.7 Å². The highest BCUT2D eigenvalue weighted by atomic mass is 16.4. The molecule has 1 fully saturated rings. The zero-order chi connectivity index (χ0) is 12.1. The van der Waals surface area contributed by atoms with Gasteiger partial charge in [-0.1, -0.05) is 0 Å². The number of piperidine rings is 1. The van der Waals surface area contributed by atoms with Gasteiger partial charge in [0.2, 0.25) is 0 Å². The monoisotopic (exact) mass is 230 g/mol. The Balaban J connectivity index is 2.44. The number of hydrogen-bond acceptors (Lipinski definition) is 3. The molecule has 0 aromatic rings. The van der Waals surface area contributed by atoms with Crippen LogP contribution in [0.15, 0.2) is 0 Å². The Kier molecular flexibility index (Phi) is 4.54. The van der Waals surface area contributed by atoms with Gasteiger partial charge in [0.05, 0.1) is 0 Å². The standard InChI is InChI=1S/C10H18N2O4/c1-7(9(14)15)11-10(16)12-4-2-3-8(5-12)6-13/h7-8,13H,2-6H2,1H3,(H,11,16)(H,14,15)/t7-,8?/m1/s1. The fourth-order valence-corrected chi connectivity index (χ4v) is 1.74. The maximum atomic E-state index is 11.6. The predicted molar refractivity (Wildman–Crippen MR) is 57.0 cm³/mol. The lowest BCUT2D eigenvalue weighted by Gasteiger charge is -2.32. The van der Waals surface area contributed by atoms with Crippen LogP contribution in [0.3, 0.4) is 0 Å². The quantitative estimate of drug-likeness (QED) is 0.630. The summed E-state index contributed by atoms with van der Waals surface area (Å²) in [5, 5.41) is 20.1. The number of carboxylic acids is 1. The van der Waals surface area contributed by atoms with Gasteiger partial charge in [0.25, 0.3) is 0 Å². The van der Waals surface area contributed by atoms with E-state index in [1.165, 1.54) is 6.92 Å². The summed E-state index contributed by atoms with van der Waals surface area (Å²) in [5.74, 6) is -0.941. The number of amides is 2. The van der Waals surface area contributed by atoms with Crippen molar-refractivity contribution in [2.45, 2.75) is 25.8 Å². The number of nitrogens with one attached hydrogen (secondary N) is 1. The topological polar surface area (TPSA) is 89.9 Å². The first-order valence-electron chi connectivity index (χ1n) is 5.43. The van der Waals surface area contributed by atoms with Crippen LogP contribution in [-0.4, -0.2) is 52.9 Å². The Bertz CT molecular complexity index is 270. The van der Waals surface area contributed by atoms with E-state index in [1.54, 1.807) is 4.90 Å². The summed E-state index contributed by atoms with van der Waals surface area (Å²) in [6, 6.07) is -1.25. The lowest BCUT2D eigenvalue weighted by Crippen LogP contribution is -2.50. The van der Waals surface area contributed by atoms with Crippen molar-refractivity contribution in [1.82, 2.24) is 10.2 Å². The molecule has 92 valence electrons. The van der Waals surface area contributed by atoms with Crippen molar-refractivity contribution in [2.75, 3.05) is 19.7 Å². The molecule has 0 radical (unpaired) electrons. The third-order valence-corrected chi connectivity index (χ3v) is 2.77. The van der Waals surface area contributed by atoms with Crippen molar-refractivity contribution in [2.24, 2.45) is 5.92 Å². The number of carboxylic acid groups (broad SMARTS) is 1. The van der Waals surface area contributed by atoms with Gasteiger partial charge in [-0.25, -0.2) is 4.79 Å². The van der Waals surface area contributed by atoms with Crippen LogP contribution >= 0.6 is 0 Å². The SMILES string of the molecule is C[C@@H](NC(=O)N1CCCC(CO)C1)C(=O)O. The second-order valence-electron chi connectivity index (χ2n) is 4.15. The number of nitrogens with zero attached hydrogens (tertiary/aromatic N) is 1. The molecular weight excluding hydrogens is 212 g/mol. The summed E-state index contributed by atoms with van der Waals surface area (Å²) in [5.41, 5.74) is 0. The average Bonchev–Trinajstić information content (AvgIpc) is 2.28. The average molecular weight is 230 g/mol. The molecule has 2 amide bonds. The van der Waals surface area contributed by atoms with Gasteiger partial charge in [-0.2, -0.15) is 0 Å². The number of rotatable bonds is 3. The molecule has 0 aliphatic carbocycles. The largest absolute Gasteiger partial charge is 0.480 e. The molecule has 1 rings (SSSR count). The van der Waals surface area contributed by atoms with Gasteiger partial charge in [0.15, 0.2) is 0 Å². The van der Waals surface area contributed by atoms with Crippen molar-refractivity contribution < 1.29 is 19.8 Å². The maximum absolute atomic E-state index is 11.6. The second kappa shape index (κ2) is 5.69. The number of urea groups is 1. The van der Waals surface area contributed by atoms with Crippen LogP contribution in [0.4, 0.5) is 4.79 Å². The molecule has 2 atom stereocenters. The molecule has 1 aliphatic heterocycles. The van der Waals surface area contributed by atoms with E-state index in [-0.39, 0.29) is 18.6 Å². The summed E-state index contributed by atoms with van der Waals surface area (Å²) in [6.45, 7) is 2.61. The molecule has 6 heteroatoms. The van der Waals surface area contributed by atoms with Crippen LogP contribution in [-0.2, 0) is 4.79 Å². The van der Waals surface area contributed by atoms with Crippen LogP contribution < -0.4 is 5.32 Å². The first kappa shape index (κ1) is 12.8. The first-order chi connectivity index (χ1) is 7.54. The summed E-state index contributed by atoms with van der Waals surface area (Å²) in [6.07, 6.45) is 1.76. The van der Waals surface area contributed by atoms with E-state index >= 15 is 0 Å². The van der Waals surface area contributed by atoms with Crippen LogP contribution in [0, 0.1) is 5.92 Å². The Morgan fingerprint density at radius 1 is 1.56 bits per heavy atom. The molecule has 0 spiro atoms. The fraction of sp³-hybridized carbons (Fsp3) is 0.800. The van der Waals surface area contributed by atoms with Crippen molar-refractivity contribution in [3.8, 4) is 0 Å². The number of carbonyl (C=O) groups excluding carboxylic acids is 1. The zero-order valence-electron chi connectivity index (χ0n) is 9.35. The van der Waals surface area contributed by atoms with Gasteiger partial charge >= 0.3 is 12.0 Å². The van der Waals surface area contributed by atoms with E-state index in [1.807, 2.05) is 0 Å². The Hall–Kier alpha value is -1.30. The Morgan fingerprint density at radius 3 is 2.81 bits per heavy atom. The fourth-order valence-electron chi connectivity index (χ4n) is 1.74. The molecule has 1 saturated heterocycles. The van der Waals surface area contributed by atoms with Crippen LogP contribution in [0.5, 0.6) is 0 Å². The molecule has 0 aromatic heterocycles. The minimum Gasteiger partial charge on any atom is -0.480 e. The van der Waals surface area contributed by atoms with E-state index in [0.717, 1.165) is 12.8 Å². The van der Waals surface area contributed by atoms with E-state index in [4.69, 9.17) is 10.2 Å². The smallest absolute Gasteiger partial charge is 0.325 e. The second-order valence-corrected chi connectivity index (χ2v) is 4.15. The van der Waals surface area contributed by atoms with Gasteiger partial charge in [-0.3, -0.25) is 4.79 Å². The van der Waals surface area contributed by atoms with Crippen molar-refractivity contribution >= 4 is 12.0 Å². The molecule has 3 N–H and O–H groups in total. The zero-order valence-corrected chi connectivity index (χ0v) is 9.35. The number of aliphatic carboxylic acids is 1. The third-order valence-electron chi connectivity index (χ3n) is 2.77. The lowest BCUT2D eigenvalue weighted by atomic mass is 9.99. The first-order valence-corrected chi connectivity index (χ1v) is 5.43. The maximum Gasteiger partial charge on any atom is 0.325 e. The highest BCUT2D eigenvalue weighted by Crippen LogP contribution is 2.15. The van der Waals surface area contributed by atoms with Crippen LogP contribution in [0.1, 0.15) is 19.8 Å². The molecule has 1 aliphatic rings. The Labute approximate surface area is 94.2 Å². The van der Waals surface area contributed by atoms with E-state index < -0.39 is 12.0 Å². The molecule has 1 unspecified atom stereocenters. The van der Waals surface area contributed by atoms with Crippen molar-refractivity contribution in [1.29, 1.82) is 0 Å². The highest BCUT2D eigenvalue weighted by Gasteiger charge is 2.25. The number of aliphatic hydroxyl groups excluding tert-OH is 1. The number of carbonyl (C=O) groups is 2. The molecule has 0 bridgehead atoms. The summed E-state index contributed by atoms with van der Waals surface area (Å²) in [4.78, 5) is 23.8. The lowest BCUT2D eigenvalue weighted by molar-refractivity contribution is -0.138.